The molecule has 9 nitrogen and oxygen atoms in total. The Kier molecular flexibility index (Phi) is 4.48. The van der Waals surface area contributed by atoms with E-state index in [2.05, 4.69) is 15.1 Å². The van der Waals surface area contributed by atoms with Crippen LogP contribution in [0.2, 0.25) is 0 Å². The molecule has 0 radical (unpaired) electrons. The number of rotatable bonds is 4. The van der Waals surface area contributed by atoms with E-state index in [1.54, 1.807) is 55.5 Å². The highest BCUT2D eigenvalue weighted by atomic mass is 32.2. The van der Waals surface area contributed by atoms with Crippen molar-refractivity contribution in [3.63, 3.8) is 0 Å². The first-order chi connectivity index (χ1) is 16.9. The van der Waals surface area contributed by atoms with Gasteiger partial charge in [-0.2, -0.15) is 0 Å². The highest BCUT2D eigenvalue weighted by Gasteiger charge is 2.22. The topological polar surface area (TPSA) is 127 Å². The lowest BCUT2D eigenvalue weighted by Gasteiger charge is -2.07. The predicted molar refractivity (Wildman–Crippen MR) is 132 cm³/mol. The van der Waals surface area contributed by atoms with Crippen molar-refractivity contribution in [1.82, 2.24) is 13.9 Å². The Morgan fingerprint density at radius 2 is 1.80 bits per heavy atom. The van der Waals surface area contributed by atoms with Crippen LogP contribution in [0.25, 0.3) is 44.2 Å². The summed E-state index contributed by atoms with van der Waals surface area (Å²) >= 11 is 0. The van der Waals surface area contributed by atoms with Gasteiger partial charge in [-0.15, -0.1) is 4.91 Å². The molecule has 0 amide bonds. The molecule has 0 unspecified atom stereocenters. The number of hydrogen-bond donors (Lipinski definition) is 1. The van der Waals surface area contributed by atoms with E-state index in [0.29, 0.717) is 44.1 Å². The Bertz CT molecular complexity index is 1970. The summed E-state index contributed by atoms with van der Waals surface area (Å²) in [5.41, 5.74) is 2.63. The standard InChI is InChI=1S/C25H16N4O5S/c1-14-11-22-18(12-20(14)28-31)23-19(25(30)34-22)13-21(27-23)16-7-9-26-24-17(16)8-10-29(24)35(32,33)15-5-3-2-4-6-15/h2-13,27H,1H3. The van der Waals surface area contributed by atoms with Crippen molar-refractivity contribution in [2.75, 3.05) is 0 Å². The van der Waals surface area contributed by atoms with Gasteiger partial charge >= 0.3 is 5.63 Å². The molecule has 6 aromatic rings. The molecule has 0 saturated heterocycles. The van der Waals surface area contributed by atoms with Crippen molar-refractivity contribution in [3.05, 3.63) is 93.9 Å². The number of aromatic nitrogens is 3. The first kappa shape index (κ1) is 21.0. The number of nitrogens with one attached hydrogen (secondary N) is 1. The number of aryl methyl sites for hydroxylation is 1. The van der Waals surface area contributed by atoms with Crippen molar-refractivity contribution in [3.8, 4) is 11.3 Å². The number of fused-ring (bicyclic) bond motifs is 4. The number of hydrogen-bond acceptors (Lipinski definition) is 7. The van der Waals surface area contributed by atoms with Gasteiger partial charge in [-0.3, -0.25) is 0 Å². The molecular weight excluding hydrogens is 468 g/mol. The zero-order valence-corrected chi connectivity index (χ0v) is 19.0. The van der Waals surface area contributed by atoms with Gasteiger partial charge in [0.15, 0.2) is 5.65 Å². The van der Waals surface area contributed by atoms with Gasteiger partial charge in [0.1, 0.15) is 11.3 Å². The normalized spacial score (nSPS) is 12.0. The molecule has 0 bridgehead atoms. The van der Waals surface area contributed by atoms with Crippen molar-refractivity contribution in [1.29, 1.82) is 0 Å². The largest absolute Gasteiger partial charge is 0.422 e. The maximum atomic E-state index is 13.2. The first-order valence-corrected chi connectivity index (χ1v) is 12.0. The third-order valence-electron chi connectivity index (χ3n) is 6.05. The van der Waals surface area contributed by atoms with E-state index in [-0.39, 0.29) is 16.2 Å². The second-order valence-corrected chi connectivity index (χ2v) is 9.93. The molecule has 4 aromatic heterocycles. The highest BCUT2D eigenvalue weighted by Crippen LogP contribution is 2.34. The van der Waals surface area contributed by atoms with Crippen LogP contribution in [-0.2, 0) is 10.0 Å². The van der Waals surface area contributed by atoms with Crippen LogP contribution in [0.5, 0.6) is 0 Å². The molecule has 0 saturated carbocycles. The Morgan fingerprint density at radius 1 is 1.00 bits per heavy atom. The van der Waals surface area contributed by atoms with Gasteiger partial charge in [-0.25, -0.2) is 22.2 Å². The lowest BCUT2D eigenvalue weighted by Crippen LogP contribution is -2.12. The highest BCUT2D eigenvalue weighted by molar-refractivity contribution is 7.90. The van der Waals surface area contributed by atoms with Gasteiger partial charge in [0.05, 0.1) is 15.8 Å². The fourth-order valence-electron chi connectivity index (χ4n) is 4.33. The number of benzene rings is 2. The lowest BCUT2D eigenvalue weighted by atomic mass is 10.1. The van der Waals surface area contributed by atoms with Crippen LogP contribution in [0.1, 0.15) is 5.56 Å². The second kappa shape index (κ2) is 7.47. The van der Waals surface area contributed by atoms with Crippen LogP contribution in [0.4, 0.5) is 5.69 Å². The van der Waals surface area contributed by atoms with Crippen LogP contribution in [0.15, 0.2) is 92.3 Å². The molecule has 0 fully saturated rings. The molecule has 0 spiro atoms. The van der Waals surface area contributed by atoms with E-state index in [4.69, 9.17) is 4.42 Å². The Morgan fingerprint density at radius 3 is 2.57 bits per heavy atom. The van der Waals surface area contributed by atoms with Gasteiger partial charge in [-0.1, -0.05) is 18.2 Å². The molecule has 2 aromatic carbocycles. The van der Waals surface area contributed by atoms with E-state index in [0.717, 1.165) is 3.97 Å². The number of aromatic amines is 1. The molecule has 0 atom stereocenters. The van der Waals surface area contributed by atoms with E-state index in [1.165, 1.54) is 24.5 Å². The summed E-state index contributed by atoms with van der Waals surface area (Å²) in [5.74, 6) is 0. The Balaban J connectivity index is 1.59. The summed E-state index contributed by atoms with van der Waals surface area (Å²) in [4.78, 5) is 31.6. The fraction of sp³-hybridized carbons (Fsp3) is 0.0400. The lowest BCUT2D eigenvalue weighted by molar-refractivity contribution is 0.569. The maximum absolute atomic E-state index is 13.2. The van der Waals surface area contributed by atoms with Gasteiger partial charge in [0, 0.05) is 34.4 Å². The van der Waals surface area contributed by atoms with E-state index in [1.807, 2.05) is 0 Å². The van der Waals surface area contributed by atoms with E-state index in [9.17, 15) is 18.1 Å². The summed E-state index contributed by atoms with van der Waals surface area (Å²) in [6.45, 7) is 1.71. The minimum Gasteiger partial charge on any atom is -0.422 e. The minimum atomic E-state index is -3.85. The molecule has 35 heavy (non-hydrogen) atoms. The molecule has 10 heteroatoms. The summed E-state index contributed by atoms with van der Waals surface area (Å²) in [5, 5.41) is 4.48. The average Bonchev–Trinajstić information content (AvgIpc) is 3.50. The molecule has 172 valence electrons. The third kappa shape index (κ3) is 3.11. The predicted octanol–water partition coefficient (Wildman–Crippen LogP) is 5.23. The SMILES string of the molecule is Cc1cc2oc(=O)c3cc(-c4ccnc5c4ccn5S(=O)(=O)c4ccccc4)[nH]c3c2cc1N=O. The van der Waals surface area contributed by atoms with Gasteiger partial charge in [-0.05, 0) is 60.1 Å². The van der Waals surface area contributed by atoms with Gasteiger partial charge in [0.2, 0.25) is 0 Å². The number of nitroso groups, excluding NO2 is 1. The monoisotopic (exact) mass is 484 g/mol. The smallest absolute Gasteiger partial charge is 0.345 e. The number of nitrogens with zero attached hydrogens (tertiary/aromatic N) is 3. The second-order valence-electron chi connectivity index (χ2n) is 8.11. The van der Waals surface area contributed by atoms with Crippen LogP contribution >= 0.6 is 0 Å². The molecule has 0 aliphatic heterocycles. The average molecular weight is 484 g/mol. The first-order valence-electron chi connectivity index (χ1n) is 10.6. The zero-order valence-electron chi connectivity index (χ0n) is 18.2. The summed E-state index contributed by atoms with van der Waals surface area (Å²) in [7, 11) is -3.85. The maximum Gasteiger partial charge on any atom is 0.345 e. The molecule has 1 N–H and O–H groups in total. The quantitative estimate of drug-likeness (QED) is 0.269. The molecule has 6 rings (SSSR count). The van der Waals surface area contributed by atoms with Crippen molar-refractivity contribution in [2.45, 2.75) is 11.8 Å². The Labute approximate surface area is 197 Å². The number of pyridine rings is 1. The van der Waals surface area contributed by atoms with E-state index < -0.39 is 15.6 Å². The molecule has 4 heterocycles. The van der Waals surface area contributed by atoms with Crippen molar-refractivity contribution in [2.24, 2.45) is 5.18 Å². The third-order valence-corrected chi connectivity index (χ3v) is 7.73. The summed E-state index contributed by atoms with van der Waals surface area (Å²) in [6, 6.07) is 16.3. The fourth-order valence-corrected chi connectivity index (χ4v) is 5.65. The minimum absolute atomic E-state index is 0.147. The van der Waals surface area contributed by atoms with Crippen LogP contribution in [-0.4, -0.2) is 22.4 Å². The van der Waals surface area contributed by atoms with Crippen LogP contribution in [0.3, 0.4) is 0 Å². The van der Waals surface area contributed by atoms with Gasteiger partial charge < -0.3 is 9.40 Å². The molecule has 0 aliphatic rings. The van der Waals surface area contributed by atoms with Crippen LogP contribution in [0, 0.1) is 11.8 Å². The van der Waals surface area contributed by atoms with E-state index >= 15 is 0 Å². The molecular formula is C25H16N4O5S. The zero-order chi connectivity index (χ0) is 24.3. The summed E-state index contributed by atoms with van der Waals surface area (Å²) in [6.07, 6.45) is 2.97. The molecule has 0 aliphatic carbocycles. The van der Waals surface area contributed by atoms with Crippen molar-refractivity contribution < 1.29 is 12.8 Å². The van der Waals surface area contributed by atoms with Gasteiger partial charge in [0.25, 0.3) is 10.0 Å². The number of H-pyrrole nitrogens is 1. The Hall–Kier alpha value is -4.57. The summed E-state index contributed by atoms with van der Waals surface area (Å²) < 4.78 is 33.0. The van der Waals surface area contributed by atoms with Crippen LogP contribution < -0.4 is 5.63 Å². The van der Waals surface area contributed by atoms with Crippen molar-refractivity contribution >= 4 is 48.6 Å².